The molecule has 1 unspecified atom stereocenters. The van der Waals surface area contributed by atoms with Crippen LogP contribution >= 0.6 is 24.0 Å². The monoisotopic (exact) mass is 536 g/mol. The number of nitrogens with one attached hydrogen (secondary N) is 2. The Balaban J connectivity index is 0.00000450. The predicted octanol–water partition coefficient (Wildman–Crippen LogP) is 2.35. The molecular weight excluding hydrogens is 499 g/mol. The van der Waals surface area contributed by atoms with Gasteiger partial charge in [0.05, 0.1) is 34.5 Å². The summed E-state index contributed by atoms with van der Waals surface area (Å²) in [6.07, 6.45) is 0. The lowest BCUT2D eigenvalue weighted by Crippen LogP contribution is -2.52. The van der Waals surface area contributed by atoms with Gasteiger partial charge in [0.1, 0.15) is 0 Å². The second-order valence-electron chi connectivity index (χ2n) is 7.30. The standard InChI is InChI=1S/C21H36N4O4.HI/c1-15(2)17(25-7-9-29-10-8-25)14-24-21(22-3)23-13-16-11-18(26-4)20(28-6)19(12-16)27-5;/h11-12,15,17H,7-10,13-14H2,1-6H3,(H2,22,23,24);1H. The van der Waals surface area contributed by atoms with Gasteiger partial charge in [0.25, 0.3) is 0 Å². The first kappa shape index (κ1) is 26.6. The third-order valence-electron chi connectivity index (χ3n) is 5.17. The zero-order chi connectivity index (χ0) is 21.2. The second kappa shape index (κ2) is 13.8. The van der Waals surface area contributed by atoms with E-state index in [1.165, 1.54) is 0 Å². The van der Waals surface area contributed by atoms with E-state index in [4.69, 9.17) is 18.9 Å². The Morgan fingerprint density at radius 2 is 1.67 bits per heavy atom. The van der Waals surface area contributed by atoms with E-state index >= 15 is 0 Å². The van der Waals surface area contributed by atoms with Crippen molar-refractivity contribution >= 4 is 29.9 Å². The molecule has 0 radical (unpaired) electrons. The van der Waals surface area contributed by atoms with Crippen LogP contribution in [0.3, 0.4) is 0 Å². The Labute approximate surface area is 197 Å². The van der Waals surface area contributed by atoms with E-state index in [-0.39, 0.29) is 24.0 Å². The SMILES string of the molecule is CN=C(NCc1cc(OC)c(OC)c(OC)c1)NCC(C(C)C)N1CCOCC1.I. The number of ether oxygens (including phenoxy) is 4. The number of rotatable bonds is 9. The highest BCUT2D eigenvalue weighted by atomic mass is 127. The third-order valence-corrected chi connectivity index (χ3v) is 5.17. The van der Waals surface area contributed by atoms with Crippen molar-refractivity contribution in [2.24, 2.45) is 10.9 Å². The summed E-state index contributed by atoms with van der Waals surface area (Å²) >= 11 is 0. The number of benzene rings is 1. The molecule has 30 heavy (non-hydrogen) atoms. The molecule has 9 heteroatoms. The van der Waals surface area contributed by atoms with Crippen molar-refractivity contribution in [1.29, 1.82) is 0 Å². The van der Waals surface area contributed by atoms with Gasteiger partial charge in [-0.3, -0.25) is 9.89 Å². The molecule has 1 fully saturated rings. The van der Waals surface area contributed by atoms with Crippen molar-refractivity contribution in [3.8, 4) is 17.2 Å². The fourth-order valence-electron chi connectivity index (χ4n) is 3.54. The fraction of sp³-hybridized carbons (Fsp3) is 0.667. The zero-order valence-electron chi connectivity index (χ0n) is 19.0. The summed E-state index contributed by atoms with van der Waals surface area (Å²) in [5.41, 5.74) is 1.01. The molecule has 1 aromatic carbocycles. The van der Waals surface area contributed by atoms with Crippen molar-refractivity contribution in [3.05, 3.63) is 17.7 Å². The average molecular weight is 536 g/mol. The highest BCUT2D eigenvalue weighted by Crippen LogP contribution is 2.38. The quantitative estimate of drug-likeness (QED) is 0.285. The summed E-state index contributed by atoms with van der Waals surface area (Å²) in [5, 5.41) is 6.83. The fourth-order valence-corrected chi connectivity index (χ4v) is 3.54. The van der Waals surface area contributed by atoms with Crippen molar-refractivity contribution in [2.75, 3.05) is 61.2 Å². The van der Waals surface area contributed by atoms with E-state index in [1.54, 1.807) is 28.4 Å². The van der Waals surface area contributed by atoms with Gasteiger partial charge in [0.2, 0.25) is 5.75 Å². The van der Waals surface area contributed by atoms with Crippen LogP contribution in [-0.2, 0) is 11.3 Å². The minimum absolute atomic E-state index is 0. The van der Waals surface area contributed by atoms with Crippen LogP contribution in [0, 0.1) is 5.92 Å². The lowest BCUT2D eigenvalue weighted by molar-refractivity contribution is 0.00752. The number of hydrogen-bond acceptors (Lipinski definition) is 6. The summed E-state index contributed by atoms with van der Waals surface area (Å²) in [5.74, 6) is 3.16. The van der Waals surface area contributed by atoms with Crippen molar-refractivity contribution in [1.82, 2.24) is 15.5 Å². The lowest BCUT2D eigenvalue weighted by atomic mass is 10.0. The molecule has 172 valence electrons. The van der Waals surface area contributed by atoms with E-state index in [0.29, 0.717) is 35.8 Å². The van der Waals surface area contributed by atoms with Crippen LogP contribution in [0.5, 0.6) is 17.2 Å². The normalized spacial score (nSPS) is 15.9. The maximum atomic E-state index is 5.49. The van der Waals surface area contributed by atoms with Gasteiger partial charge < -0.3 is 29.6 Å². The summed E-state index contributed by atoms with van der Waals surface area (Å²) in [7, 11) is 6.62. The molecular formula is C21H37IN4O4. The van der Waals surface area contributed by atoms with Gasteiger partial charge in [-0.15, -0.1) is 24.0 Å². The minimum atomic E-state index is 0. The maximum absolute atomic E-state index is 5.49. The first-order valence-corrected chi connectivity index (χ1v) is 10.1. The predicted molar refractivity (Wildman–Crippen MR) is 131 cm³/mol. The van der Waals surface area contributed by atoms with Crippen LogP contribution in [0.1, 0.15) is 19.4 Å². The van der Waals surface area contributed by atoms with E-state index < -0.39 is 0 Å². The van der Waals surface area contributed by atoms with Crippen LogP contribution in [0.2, 0.25) is 0 Å². The van der Waals surface area contributed by atoms with Crippen LogP contribution in [-0.4, -0.2) is 78.1 Å². The van der Waals surface area contributed by atoms with Gasteiger partial charge in [0.15, 0.2) is 17.5 Å². The van der Waals surface area contributed by atoms with Crippen molar-refractivity contribution < 1.29 is 18.9 Å². The number of morpholine rings is 1. The Bertz CT molecular complexity index is 641. The summed E-state index contributed by atoms with van der Waals surface area (Å²) in [4.78, 5) is 6.86. The van der Waals surface area contributed by atoms with Gasteiger partial charge >= 0.3 is 0 Å². The molecule has 0 aliphatic carbocycles. The molecule has 1 aromatic rings. The molecule has 1 saturated heterocycles. The van der Waals surface area contributed by atoms with Gasteiger partial charge in [-0.2, -0.15) is 0 Å². The molecule has 2 N–H and O–H groups in total. The number of methoxy groups -OCH3 is 3. The first-order chi connectivity index (χ1) is 14.0. The van der Waals surface area contributed by atoms with E-state index in [2.05, 4.69) is 34.4 Å². The largest absolute Gasteiger partial charge is 0.493 e. The van der Waals surface area contributed by atoms with Crippen LogP contribution in [0.4, 0.5) is 0 Å². The molecule has 2 rings (SSSR count). The summed E-state index contributed by atoms with van der Waals surface area (Å²) in [6, 6.07) is 4.30. The van der Waals surface area contributed by atoms with Gasteiger partial charge in [0, 0.05) is 39.3 Å². The number of aliphatic imine (C=N–C) groups is 1. The number of guanidine groups is 1. The number of hydrogen-bond donors (Lipinski definition) is 2. The minimum Gasteiger partial charge on any atom is -0.493 e. The highest BCUT2D eigenvalue weighted by Gasteiger charge is 2.24. The molecule has 0 amide bonds. The molecule has 1 aliphatic rings. The third kappa shape index (κ3) is 7.35. The Morgan fingerprint density at radius 3 is 2.13 bits per heavy atom. The molecule has 1 aliphatic heterocycles. The Kier molecular flexibility index (Phi) is 12.2. The second-order valence-corrected chi connectivity index (χ2v) is 7.30. The zero-order valence-corrected chi connectivity index (χ0v) is 21.3. The van der Waals surface area contributed by atoms with E-state index in [0.717, 1.165) is 44.4 Å². The number of halogens is 1. The van der Waals surface area contributed by atoms with Crippen molar-refractivity contribution in [2.45, 2.75) is 26.4 Å². The van der Waals surface area contributed by atoms with Gasteiger partial charge in [-0.25, -0.2) is 0 Å². The molecule has 0 spiro atoms. The smallest absolute Gasteiger partial charge is 0.203 e. The Morgan fingerprint density at radius 1 is 1.07 bits per heavy atom. The van der Waals surface area contributed by atoms with Gasteiger partial charge in [-0.1, -0.05) is 13.8 Å². The molecule has 8 nitrogen and oxygen atoms in total. The van der Waals surface area contributed by atoms with Crippen LogP contribution in [0.15, 0.2) is 17.1 Å². The first-order valence-electron chi connectivity index (χ1n) is 10.1. The Hall–Kier alpha value is -1.46. The molecule has 1 atom stereocenters. The molecule has 0 saturated carbocycles. The summed E-state index contributed by atoms with van der Waals surface area (Å²) in [6.45, 7) is 9.48. The van der Waals surface area contributed by atoms with Crippen molar-refractivity contribution in [3.63, 3.8) is 0 Å². The number of nitrogens with zero attached hydrogens (tertiary/aromatic N) is 2. The van der Waals surface area contributed by atoms with Crippen LogP contribution in [0.25, 0.3) is 0 Å². The summed E-state index contributed by atoms with van der Waals surface area (Å²) < 4.78 is 21.7. The molecule has 0 bridgehead atoms. The van der Waals surface area contributed by atoms with Gasteiger partial charge in [-0.05, 0) is 23.6 Å². The average Bonchev–Trinajstić information content (AvgIpc) is 2.75. The highest BCUT2D eigenvalue weighted by molar-refractivity contribution is 14.0. The molecule has 1 heterocycles. The topological polar surface area (TPSA) is 76.6 Å². The lowest BCUT2D eigenvalue weighted by Gasteiger charge is -2.37. The van der Waals surface area contributed by atoms with E-state index in [1.807, 2.05) is 12.1 Å². The molecule has 0 aromatic heterocycles. The van der Waals surface area contributed by atoms with Crippen LogP contribution < -0.4 is 24.8 Å². The maximum Gasteiger partial charge on any atom is 0.203 e. The van der Waals surface area contributed by atoms with E-state index in [9.17, 15) is 0 Å².